The van der Waals surface area contributed by atoms with E-state index in [0.717, 1.165) is 0 Å². The van der Waals surface area contributed by atoms with Crippen molar-refractivity contribution in [2.24, 2.45) is 5.92 Å². The molecule has 1 aliphatic carbocycles. The molecule has 1 aliphatic rings. The highest BCUT2D eigenvalue weighted by atomic mass is 15.1. The van der Waals surface area contributed by atoms with E-state index >= 15 is 0 Å². The highest BCUT2D eigenvalue weighted by Gasteiger charge is 2.23. The second kappa shape index (κ2) is 6.69. The topological polar surface area (TPSA) is 16.1 Å². The SMILES string of the molecule is CN(C)C(c1cccnc1)C1C=CCCCCC1. The van der Waals surface area contributed by atoms with Gasteiger partial charge in [-0.15, -0.1) is 0 Å². The van der Waals surface area contributed by atoms with Crippen LogP contribution in [0.25, 0.3) is 0 Å². The second-order valence-corrected chi connectivity index (χ2v) is 5.42. The molecule has 2 nitrogen and oxygen atoms in total. The summed E-state index contributed by atoms with van der Waals surface area (Å²) in [5, 5.41) is 0. The van der Waals surface area contributed by atoms with Crippen LogP contribution in [-0.2, 0) is 0 Å². The second-order valence-electron chi connectivity index (χ2n) is 5.42. The Morgan fingerprint density at radius 1 is 1.28 bits per heavy atom. The van der Waals surface area contributed by atoms with Crippen LogP contribution in [0.1, 0.15) is 43.7 Å². The van der Waals surface area contributed by atoms with E-state index in [9.17, 15) is 0 Å². The van der Waals surface area contributed by atoms with Crippen molar-refractivity contribution in [1.29, 1.82) is 0 Å². The molecule has 98 valence electrons. The van der Waals surface area contributed by atoms with Crippen LogP contribution in [0.2, 0.25) is 0 Å². The normalized spacial score (nSPS) is 22.5. The van der Waals surface area contributed by atoms with Crippen LogP contribution in [0.15, 0.2) is 36.7 Å². The van der Waals surface area contributed by atoms with Crippen LogP contribution in [-0.4, -0.2) is 24.0 Å². The lowest BCUT2D eigenvalue weighted by Crippen LogP contribution is -2.27. The van der Waals surface area contributed by atoms with Gasteiger partial charge in [-0.3, -0.25) is 4.98 Å². The summed E-state index contributed by atoms with van der Waals surface area (Å²) in [6.07, 6.45) is 15.3. The van der Waals surface area contributed by atoms with Gasteiger partial charge in [0.2, 0.25) is 0 Å². The maximum Gasteiger partial charge on any atom is 0.0419 e. The predicted molar refractivity (Wildman–Crippen MR) is 76.4 cm³/mol. The first kappa shape index (κ1) is 13.3. The average molecular weight is 244 g/mol. The van der Waals surface area contributed by atoms with Crippen molar-refractivity contribution in [3.8, 4) is 0 Å². The van der Waals surface area contributed by atoms with E-state index in [1.165, 1.54) is 37.7 Å². The molecule has 0 spiro atoms. The number of nitrogens with zero attached hydrogens (tertiary/aromatic N) is 2. The molecular weight excluding hydrogens is 220 g/mol. The van der Waals surface area contributed by atoms with E-state index < -0.39 is 0 Å². The molecule has 0 aliphatic heterocycles. The summed E-state index contributed by atoms with van der Waals surface area (Å²) in [5.74, 6) is 0.615. The van der Waals surface area contributed by atoms with E-state index in [-0.39, 0.29) is 0 Å². The minimum Gasteiger partial charge on any atom is -0.302 e. The molecule has 1 heterocycles. The van der Waals surface area contributed by atoms with Gasteiger partial charge in [-0.1, -0.05) is 31.1 Å². The fourth-order valence-corrected chi connectivity index (χ4v) is 2.93. The number of aromatic nitrogens is 1. The monoisotopic (exact) mass is 244 g/mol. The molecule has 0 bridgehead atoms. The lowest BCUT2D eigenvalue weighted by atomic mass is 9.86. The molecular formula is C16H24N2. The third-order valence-corrected chi connectivity index (χ3v) is 3.78. The van der Waals surface area contributed by atoms with E-state index in [4.69, 9.17) is 0 Å². The molecule has 1 aromatic rings. The first-order valence-corrected chi connectivity index (χ1v) is 7.02. The first-order chi connectivity index (χ1) is 8.79. The van der Waals surface area contributed by atoms with Gasteiger partial charge in [-0.25, -0.2) is 0 Å². The minimum absolute atomic E-state index is 0.452. The van der Waals surface area contributed by atoms with Gasteiger partial charge in [0.25, 0.3) is 0 Å². The number of pyridine rings is 1. The number of hydrogen-bond donors (Lipinski definition) is 0. The number of allylic oxidation sites excluding steroid dienone is 1. The highest BCUT2D eigenvalue weighted by molar-refractivity contribution is 5.17. The largest absolute Gasteiger partial charge is 0.302 e. The smallest absolute Gasteiger partial charge is 0.0419 e. The molecule has 2 atom stereocenters. The van der Waals surface area contributed by atoms with Gasteiger partial charge in [-0.05, 0) is 50.9 Å². The fraction of sp³-hybridized carbons (Fsp3) is 0.562. The van der Waals surface area contributed by atoms with Crippen LogP contribution in [0.4, 0.5) is 0 Å². The number of hydrogen-bond acceptors (Lipinski definition) is 2. The maximum atomic E-state index is 4.27. The van der Waals surface area contributed by atoms with Crippen molar-refractivity contribution in [3.63, 3.8) is 0 Å². The van der Waals surface area contributed by atoms with E-state index in [1.807, 2.05) is 18.5 Å². The molecule has 0 amide bonds. The Bertz CT molecular complexity index is 370. The van der Waals surface area contributed by atoms with Crippen molar-refractivity contribution in [3.05, 3.63) is 42.2 Å². The van der Waals surface area contributed by atoms with Gasteiger partial charge < -0.3 is 4.90 Å². The molecule has 2 unspecified atom stereocenters. The van der Waals surface area contributed by atoms with Crippen LogP contribution in [0.5, 0.6) is 0 Å². The Labute approximate surface area is 111 Å². The summed E-state index contributed by atoms with van der Waals surface area (Å²) in [5.41, 5.74) is 1.33. The summed E-state index contributed by atoms with van der Waals surface area (Å²) in [7, 11) is 4.34. The van der Waals surface area contributed by atoms with Crippen LogP contribution in [0, 0.1) is 5.92 Å². The third-order valence-electron chi connectivity index (χ3n) is 3.78. The Kier molecular flexibility index (Phi) is 4.94. The van der Waals surface area contributed by atoms with E-state index in [2.05, 4.69) is 42.2 Å². The lowest BCUT2D eigenvalue weighted by molar-refractivity contribution is 0.228. The highest BCUT2D eigenvalue weighted by Crippen LogP contribution is 2.32. The van der Waals surface area contributed by atoms with Crippen LogP contribution >= 0.6 is 0 Å². The van der Waals surface area contributed by atoms with Gasteiger partial charge >= 0.3 is 0 Å². The predicted octanol–water partition coefficient (Wildman–Crippen LogP) is 3.82. The molecule has 2 heteroatoms. The van der Waals surface area contributed by atoms with Crippen LogP contribution in [0.3, 0.4) is 0 Å². The van der Waals surface area contributed by atoms with Gasteiger partial charge in [0, 0.05) is 18.4 Å². The standard InChI is InChI=1S/C16H24N2/c1-18(2)16(15-11-8-12-17-13-15)14-9-6-4-3-5-7-10-14/h6,8-9,11-14,16H,3-5,7,10H2,1-2H3. The zero-order chi connectivity index (χ0) is 12.8. The molecule has 0 saturated heterocycles. The fourth-order valence-electron chi connectivity index (χ4n) is 2.93. The Morgan fingerprint density at radius 2 is 2.17 bits per heavy atom. The summed E-state index contributed by atoms with van der Waals surface area (Å²) >= 11 is 0. The van der Waals surface area contributed by atoms with Gasteiger partial charge in [-0.2, -0.15) is 0 Å². The molecule has 0 N–H and O–H groups in total. The van der Waals surface area contributed by atoms with E-state index in [1.54, 1.807) is 0 Å². The summed E-state index contributed by atoms with van der Waals surface area (Å²) < 4.78 is 0. The molecule has 18 heavy (non-hydrogen) atoms. The van der Waals surface area contributed by atoms with Gasteiger partial charge in [0.05, 0.1) is 0 Å². The Morgan fingerprint density at radius 3 is 2.89 bits per heavy atom. The zero-order valence-corrected chi connectivity index (χ0v) is 11.5. The van der Waals surface area contributed by atoms with E-state index in [0.29, 0.717) is 12.0 Å². The van der Waals surface area contributed by atoms with Gasteiger partial charge in [0.1, 0.15) is 0 Å². The van der Waals surface area contributed by atoms with Crippen molar-refractivity contribution >= 4 is 0 Å². The summed E-state index contributed by atoms with van der Waals surface area (Å²) in [6, 6.07) is 4.69. The Balaban J connectivity index is 2.21. The zero-order valence-electron chi connectivity index (χ0n) is 11.5. The minimum atomic E-state index is 0.452. The van der Waals surface area contributed by atoms with Crippen molar-refractivity contribution in [2.45, 2.75) is 38.1 Å². The molecule has 0 saturated carbocycles. The number of rotatable bonds is 3. The molecule has 0 fully saturated rings. The third kappa shape index (κ3) is 3.42. The van der Waals surface area contributed by atoms with Crippen molar-refractivity contribution < 1.29 is 0 Å². The molecule has 0 aromatic carbocycles. The van der Waals surface area contributed by atoms with Crippen molar-refractivity contribution in [2.75, 3.05) is 14.1 Å². The first-order valence-electron chi connectivity index (χ1n) is 7.02. The summed E-state index contributed by atoms with van der Waals surface area (Å²) in [4.78, 5) is 6.60. The lowest BCUT2D eigenvalue weighted by Gasteiger charge is -2.31. The van der Waals surface area contributed by atoms with Crippen LogP contribution < -0.4 is 0 Å². The average Bonchev–Trinajstić information content (AvgIpc) is 2.33. The Hall–Kier alpha value is -1.15. The van der Waals surface area contributed by atoms with Crippen molar-refractivity contribution in [1.82, 2.24) is 9.88 Å². The molecule has 2 rings (SSSR count). The molecule has 1 aromatic heterocycles. The quantitative estimate of drug-likeness (QED) is 0.751. The summed E-state index contributed by atoms with van der Waals surface area (Å²) in [6.45, 7) is 0. The van der Waals surface area contributed by atoms with Gasteiger partial charge in [0.15, 0.2) is 0 Å². The maximum absolute atomic E-state index is 4.27. The molecule has 0 radical (unpaired) electrons.